The molecule has 13 heteroatoms. The molecule has 0 radical (unpaired) electrons. The van der Waals surface area contributed by atoms with Crippen molar-refractivity contribution in [3.8, 4) is 0 Å². The second-order valence-electron chi connectivity index (χ2n) is 16.6. The van der Waals surface area contributed by atoms with Gasteiger partial charge in [0.2, 0.25) is 5.76 Å². The number of methoxy groups -OCH3 is 3. The first-order chi connectivity index (χ1) is 25.7. The van der Waals surface area contributed by atoms with Crippen LogP contribution in [0.15, 0.2) is 47.3 Å². The van der Waals surface area contributed by atoms with Gasteiger partial charge in [0.05, 0.1) is 37.6 Å². The summed E-state index contributed by atoms with van der Waals surface area (Å²) in [4.78, 5) is 13.8. The van der Waals surface area contributed by atoms with Gasteiger partial charge in [-0.2, -0.15) is 0 Å². The Morgan fingerprint density at radius 3 is 2.16 bits per heavy atom. The van der Waals surface area contributed by atoms with Crippen molar-refractivity contribution in [3.05, 3.63) is 47.3 Å². The van der Waals surface area contributed by atoms with Crippen LogP contribution in [0.25, 0.3) is 0 Å². The van der Waals surface area contributed by atoms with Gasteiger partial charge in [-0.15, -0.1) is 0 Å². The molecule has 0 spiro atoms. The van der Waals surface area contributed by atoms with Crippen LogP contribution in [0.4, 0.5) is 0 Å². The predicted octanol–water partition coefficient (Wildman–Crippen LogP) is 4.20. The van der Waals surface area contributed by atoms with Gasteiger partial charge in [-0.25, -0.2) is 4.79 Å². The number of aliphatic hydroxyl groups is 5. The van der Waals surface area contributed by atoms with Crippen molar-refractivity contribution in [2.45, 2.75) is 155 Å². The first-order valence-electron chi connectivity index (χ1n) is 19.7. The highest BCUT2D eigenvalue weighted by molar-refractivity contribution is 5.87. The molecule has 2 saturated heterocycles. The summed E-state index contributed by atoms with van der Waals surface area (Å²) in [6, 6.07) is 0. The quantitative estimate of drug-likeness (QED) is 0.199. The van der Waals surface area contributed by atoms with Crippen molar-refractivity contribution >= 4 is 5.97 Å². The Hall–Kier alpha value is -2.17. The van der Waals surface area contributed by atoms with E-state index in [1.54, 1.807) is 32.9 Å². The lowest BCUT2D eigenvalue weighted by Gasteiger charge is -2.51. The predicted molar refractivity (Wildman–Crippen MR) is 206 cm³/mol. The van der Waals surface area contributed by atoms with E-state index in [0.717, 1.165) is 5.57 Å². The molecule has 0 aliphatic carbocycles. The maximum atomic E-state index is 13.8. The van der Waals surface area contributed by atoms with Gasteiger partial charge in [-0.3, -0.25) is 0 Å². The molecule has 0 amide bonds. The minimum absolute atomic E-state index is 0.0363. The van der Waals surface area contributed by atoms with Crippen LogP contribution in [0.3, 0.4) is 0 Å². The maximum Gasteiger partial charge on any atom is 0.373 e. The topological polar surface area (TPSA) is 183 Å². The normalized spacial score (nSPS) is 43.8. The minimum atomic E-state index is -1.92. The zero-order valence-corrected chi connectivity index (χ0v) is 35.1. The van der Waals surface area contributed by atoms with Gasteiger partial charge in [0.1, 0.15) is 30.5 Å². The molecule has 2 fully saturated rings. The number of cyclic esters (lactones) is 1. The number of aliphatic hydroxyl groups excluding tert-OH is 4. The number of hydrogen-bond donors (Lipinski definition) is 5. The highest BCUT2D eigenvalue weighted by Gasteiger charge is 2.54. The molecular weight excluding hydrogens is 712 g/mol. The van der Waals surface area contributed by atoms with E-state index in [4.69, 9.17) is 33.2 Å². The SMILES string of the molecule is CO/C1=C/C(C)=C/[C@@H](C)[C@@H](O)[C@@H](C)C/C(C)=C/C=C/[C@H](OC)[C@@H]([C@@H](C)[C@@H](O)[C@H](C)[C@@]2(O)C[C@@H](O[C@@H]3O[C@@H](C)[C@H](O)[C@@H](O)[C@H]3OC)[C@H](C)[C@@H](C(C)C)O2)OC1=O. The average Bonchev–Trinajstić information content (AvgIpc) is 3.13. The minimum Gasteiger partial charge on any atom is -0.490 e. The largest absolute Gasteiger partial charge is 0.490 e. The zero-order chi connectivity index (χ0) is 41.5. The molecule has 3 aliphatic rings. The van der Waals surface area contributed by atoms with Gasteiger partial charge < -0.3 is 58.7 Å². The van der Waals surface area contributed by atoms with Crippen LogP contribution in [0.5, 0.6) is 0 Å². The Morgan fingerprint density at radius 2 is 1.58 bits per heavy atom. The fourth-order valence-corrected chi connectivity index (χ4v) is 8.23. The average molecular weight is 783 g/mol. The number of hydrogen-bond acceptors (Lipinski definition) is 13. The molecule has 3 heterocycles. The van der Waals surface area contributed by atoms with Crippen LogP contribution >= 0.6 is 0 Å². The molecular formula is C42H70O13. The van der Waals surface area contributed by atoms with Crippen molar-refractivity contribution < 1.29 is 63.5 Å². The van der Waals surface area contributed by atoms with Gasteiger partial charge in [0.25, 0.3) is 0 Å². The summed E-state index contributed by atoms with van der Waals surface area (Å²) in [5.74, 6) is -5.08. The van der Waals surface area contributed by atoms with E-state index in [1.165, 1.54) is 21.3 Å². The molecule has 316 valence electrons. The van der Waals surface area contributed by atoms with Crippen molar-refractivity contribution in [3.63, 3.8) is 0 Å². The van der Waals surface area contributed by atoms with Crippen molar-refractivity contribution in [2.75, 3.05) is 21.3 Å². The summed E-state index contributed by atoms with van der Waals surface area (Å²) in [5.41, 5.74) is 1.73. The van der Waals surface area contributed by atoms with Gasteiger partial charge in [-0.1, -0.05) is 83.9 Å². The van der Waals surface area contributed by atoms with Crippen LogP contribution in [-0.2, 0) is 38.0 Å². The lowest BCUT2D eigenvalue weighted by molar-refractivity contribution is -0.362. The molecule has 0 aromatic rings. The maximum absolute atomic E-state index is 13.8. The van der Waals surface area contributed by atoms with Crippen molar-refractivity contribution in [1.29, 1.82) is 0 Å². The van der Waals surface area contributed by atoms with E-state index in [2.05, 4.69) is 0 Å². The standard InChI is InChI=1S/C42H70O13/c1-21(2)37-26(7)32(53-41-39(51-13)36(46)35(45)29(10)52-41)20-42(48,55-37)28(9)34(44)27(8)38-30(49-11)16-14-15-22(3)17-24(5)33(43)25(6)18-23(4)19-31(50-12)40(47)54-38/h14-16,18-19,21,24-30,32-39,41,43-46,48H,17,20H2,1-13H3/b16-14+,22-15+,23-18+,31-19+/t24-,25+,26-,27-,28-,29-,30-,32+,33-,34+,35-,36+,37+,38+,39+,41-,42+/m0/s1. The first-order valence-corrected chi connectivity index (χ1v) is 19.7. The monoisotopic (exact) mass is 782 g/mol. The third kappa shape index (κ3) is 11.5. The molecule has 3 aliphatic heterocycles. The highest BCUT2D eigenvalue weighted by atomic mass is 16.7. The van der Waals surface area contributed by atoms with E-state index in [9.17, 15) is 30.3 Å². The Bertz CT molecular complexity index is 1360. The fraction of sp³-hybridized carbons (Fsp3) is 0.786. The van der Waals surface area contributed by atoms with Crippen LogP contribution in [0.1, 0.15) is 82.1 Å². The molecule has 0 aromatic carbocycles. The molecule has 5 N–H and O–H groups in total. The summed E-state index contributed by atoms with van der Waals surface area (Å²) in [6.45, 7) is 18.6. The fourth-order valence-electron chi connectivity index (χ4n) is 8.23. The van der Waals surface area contributed by atoms with Crippen LogP contribution < -0.4 is 0 Å². The second-order valence-corrected chi connectivity index (χ2v) is 16.6. The molecule has 0 saturated carbocycles. The number of carbonyl (C=O) groups is 1. The van der Waals surface area contributed by atoms with E-state index in [1.807, 2.05) is 66.7 Å². The zero-order valence-electron chi connectivity index (χ0n) is 35.1. The molecule has 55 heavy (non-hydrogen) atoms. The number of ether oxygens (including phenoxy) is 7. The molecule has 17 atom stereocenters. The Morgan fingerprint density at radius 1 is 0.927 bits per heavy atom. The summed E-state index contributed by atoms with van der Waals surface area (Å²) in [7, 11) is 4.25. The van der Waals surface area contributed by atoms with E-state index < -0.39 is 90.9 Å². The second kappa shape index (κ2) is 20.5. The summed E-state index contributed by atoms with van der Waals surface area (Å²) in [6.07, 6.45) is -0.670. The smallest absolute Gasteiger partial charge is 0.373 e. The van der Waals surface area contributed by atoms with E-state index in [-0.39, 0.29) is 35.9 Å². The first kappa shape index (κ1) is 47.2. The van der Waals surface area contributed by atoms with E-state index in [0.29, 0.717) is 12.0 Å². The van der Waals surface area contributed by atoms with Crippen molar-refractivity contribution in [1.82, 2.24) is 0 Å². The molecule has 0 aromatic heterocycles. The highest BCUT2D eigenvalue weighted by Crippen LogP contribution is 2.43. The number of esters is 1. The lowest BCUT2D eigenvalue weighted by atomic mass is 9.76. The van der Waals surface area contributed by atoms with E-state index >= 15 is 0 Å². The third-order valence-corrected chi connectivity index (χ3v) is 11.8. The number of allylic oxidation sites excluding steroid dienone is 5. The summed E-state index contributed by atoms with van der Waals surface area (Å²) < 4.78 is 41.8. The third-order valence-electron chi connectivity index (χ3n) is 11.8. The van der Waals surface area contributed by atoms with Crippen LogP contribution in [0, 0.1) is 35.5 Å². The Kier molecular flexibility index (Phi) is 17.6. The Balaban J connectivity index is 2.00. The van der Waals surface area contributed by atoms with Crippen LogP contribution in [-0.4, -0.2) is 126 Å². The van der Waals surface area contributed by atoms with Gasteiger partial charge in [-0.05, 0) is 45.1 Å². The summed E-state index contributed by atoms with van der Waals surface area (Å²) >= 11 is 0. The van der Waals surface area contributed by atoms with Crippen molar-refractivity contribution in [2.24, 2.45) is 35.5 Å². The number of carbonyl (C=O) groups excluding carboxylic acids is 1. The van der Waals surface area contributed by atoms with Crippen LogP contribution in [0.2, 0.25) is 0 Å². The lowest BCUT2D eigenvalue weighted by Crippen LogP contribution is -2.62. The van der Waals surface area contributed by atoms with Gasteiger partial charge in [0, 0.05) is 44.3 Å². The molecule has 0 unspecified atom stereocenters. The summed E-state index contributed by atoms with van der Waals surface area (Å²) in [5, 5.41) is 56.6. The Labute approximate surface area is 328 Å². The molecule has 3 rings (SSSR count). The van der Waals surface area contributed by atoms with Gasteiger partial charge >= 0.3 is 5.97 Å². The van der Waals surface area contributed by atoms with Gasteiger partial charge in [0.15, 0.2) is 12.1 Å². The number of rotatable bonds is 10. The molecule has 13 nitrogen and oxygen atoms in total. The molecule has 0 bridgehead atoms.